The molecular formula is C12H18ClN. The van der Waals surface area contributed by atoms with E-state index in [0.717, 1.165) is 12.8 Å². The number of hydrogen-bond acceptors (Lipinski definition) is 1. The van der Waals surface area contributed by atoms with Crippen molar-refractivity contribution in [2.75, 3.05) is 0 Å². The molecule has 1 nitrogen and oxygen atoms in total. The third-order valence-corrected chi connectivity index (χ3v) is 3.34. The molecule has 0 amide bonds. The molecule has 0 radical (unpaired) electrons. The van der Waals surface area contributed by atoms with Gasteiger partial charge in [0, 0.05) is 5.54 Å². The zero-order chi connectivity index (χ0) is 9.53. The van der Waals surface area contributed by atoms with Crippen LogP contribution in [0.1, 0.15) is 25.8 Å². The average Bonchev–Trinajstić information content (AvgIpc) is 2.51. The van der Waals surface area contributed by atoms with E-state index in [1.807, 2.05) is 6.07 Å². The second-order valence-corrected chi connectivity index (χ2v) is 4.88. The van der Waals surface area contributed by atoms with Crippen molar-refractivity contribution in [3.8, 4) is 0 Å². The van der Waals surface area contributed by atoms with E-state index in [0.29, 0.717) is 5.41 Å². The molecule has 0 bridgehead atoms. The largest absolute Gasteiger partial charge is 0.324 e. The van der Waals surface area contributed by atoms with E-state index >= 15 is 0 Å². The second-order valence-electron chi connectivity index (χ2n) is 4.88. The predicted octanol–water partition coefficient (Wildman–Crippen LogP) is 2.78. The Morgan fingerprint density at radius 2 is 1.71 bits per heavy atom. The van der Waals surface area contributed by atoms with Crippen LogP contribution in [0.2, 0.25) is 0 Å². The quantitative estimate of drug-likeness (QED) is 0.800. The minimum Gasteiger partial charge on any atom is -0.324 e. The highest BCUT2D eigenvalue weighted by atomic mass is 35.5. The van der Waals surface area contributed by atoms with Gasteiger partial charge in [0.15, 0.2) is 0 Å². The van der Waals surface area contributed by atoms with Crippen LogP contribution in [-0.2, 0) is 6.42 Å². The molecule has 1 aliphatic rings. The predicted molar refractivity (Wildman–Crippen MR) is 62.7 cm³/mol. The monoisotopic (exact) mass is 211 g/mol. The molecule has 1 aliphatic carbocycles. The van der Waals surface area contributed by atoms with E-state index in [1.54, 1.807) is 0 Å². The Hall–Kier alpha value is -0.530. The van der Waals surface area contributed by atoms with Crippen molar-refractivity contribution in [1.29, 1.82) is 0 Å². The van der Waals surface area contributed by atoms with Crippen molar-refractivity contribution >= 4 is 12.4 Å². The summed E-state index contributed by atoms with van der Waals surface area (Å²) in [5, 5.41) is 0. The minimum atomic E-state index is 0. The van der Waals surface area contributed by atoms with E-state index in [1.165, 1.54) is 5.56 Å². The Kier molecular flexibility index (Phi) is 2.93. The first-order valence-corrected chi connectivity index (χ1v) is 4.86. The average molecular weight is 212 g/mol. The summed E-state index contributed by atoms with van der Waals surface area (Å²) in [6, 6.07) is 10.5. The van der Waals surface area contributed by atoms with E-state index in [4.69, 9.17) is 5.73 Å². The van der Waals surface area contributed by atoms with Gasteiger partial charge in [0.05, 0.1) is 0 Å². The molecule has 2 rings (SSSR count). The molecule has 2 heteroatoms. The van der Waals surface area contributed by atoms with Crippen LogP contribution < -0.4 is 5.73 Å². The molecule has 1 fully saturated rings. The van der Waals surface area contributed by atoms with Gasteiger partial charge in [-0.1, -0.05) is 44.2 Å². The molecule has 0 aliphatic heterocycles. The third-order valence-electron chi connectivity index (χ3n) is 3.34. The summed E-state index contributed by atoms with van der Waals surface area (Å²) >= 11 is 0. The minimum absolute atomic E-state index is 0. The fourth-order valence-corrected chi connectivity index (χ4v) is 2.01. The van der Waals surface area contributed by atoms with Gasteiger partial charge in [-0.3, -0.25) is 0 Å². The van der Waals surface area contributed by atoms with Gasteiger partial charge < -0.3 is 5.73 Å². The number of nitrogens with two attached hydrogens (primary N) is 1. The molecule has 1 saturated carbocycles. The molecule has 78 valence electrons. The molecule has 0 spiro atoms. The van der Waals surface area contributed by atoms with Gasteiger partial charge in [-0.25, -0.2) is 0 Å². The van der Waals surface area contributed by atoms with E-state index in [9.17, 15) is 0 Å². The second kappa shape index (κ2) is 3.56. The Morgan fingerprint density at radius 3 is 2.14 bits per heavy atom. The Bertz CT molecular complexity index is 307. The molecule has 1 aromatic rings. The third kappa shape index (κ3) is 1.94. The fourth-order valence-electron chi connectivity index (χ4n) is 2.01. The van der Waals surface area contributed by atoms with Crippen LogP contribution in [0.5, 0.6) is 0 Å². The smallest absolute Gasteiger partial charge is 0.0253 e. The maximum Gasteiger partial charge on any atom is 0.0253 e. The first-order chi connectivity index (χ1) is 6.04. The van der Waals surface area contributed by atoms with Gasteiger partial charge in [0.2, 0.25) is 0 Å². The first kappa shape index (κ1) is 11.5. The van der Waals surface area contributed by atoms with Crippen molar-refractivity contribution in [3.05, 3.63) is 35.9 Å². The highest BCUT2D eigenvalue weighted by molar-refractivity contribution is 5.85. The number of halogens is 1. The zero-order valence-corrected chi connectivity index (χ0v) is 9.60. The van der Waals surface area contributed by atoms with Crippen LogP contribution in [-0.4, -0.2) is 5.54 Å². The Labute approximate surface area is 92.1 Å². The van der Waals surface area contributed by atoms with Crippen LogP contribution in [0.4, 0.5) is 0 Å². The lowest BCUT2D eigenvalue weighted by Crippen LogP contribution is -2.30. The lowest BCUT2D eigenvalue weighted by molar-refractivity contribution is 0.490. The molecule has 1 unspecified atom stereocenters. The molecule has 2 N–H and O–H groups in total. The van der Waals surface area contributed by atoms with E-state index in [-0.39, 0.29) is 17.9 Å². The number of hydrogen-bond donors (Lipinski definition) is 1. The van der Waals surface area contributed by atoms with Crippen LogP contribution >= 0.6 is 12.4 Å². The lowest BCUT2D eigenvalue weighted by atomic mass is 9.97. The van der Waals surface area contributed by atoms with Gasteiger partial charge in [0.25, 0.3) is 0 Å². The molecule has 1 aromatic carbocycles. The number of rotatable bonds is 2. The topological polar surface area (TPSA) is 26.0 Å². The Balaban J connectivity index is 0.000000980. The van der Waals surface area contributed by atoms with Crippen LogP contribution in [0.25, 0.3) is 0 Å². The summed E-state index contributed by atoms with van der Waals surface area (Å²) < 4.78 is 0. The van der Waals surface area contributed by atoms with Gasteiger partial charge in [-0.2, -0.15) is 0 Å². The van der Waals surface area contributed by atoms with Crippen LogP contribution in [0, 0.1) is 5.41 Å². The van der Waals surface area contributed by atoms with Crippen LogP contribution in [0.15, 0.2) is 30.3 Å². The number of benzene rings is 1. The normalized spacial score (nSPS) is 27.9. The van der Waals surface area contributed by atoms with Crippen molar-refractivity contribution in [1.82, 2.24) is 0 Å². The van der Waals surface area contributed by atoms with Gasteiger partial charge in [0.1, 0.15) is 0 Å². The van der Waals surface area contributed by atoms with Crippen LogP contribution in [0.3, 0.4) is 0 Å². The van der Waals surface area contributed by atoms with Gasteiger partial charge in [-0.15, -0.1) is 12.4 Å². The van der Waals surface area contributed by atoms with Crippen molar-refractivity contribution in [3.63, 3.8) is 0 Å². The summed E-state index contributed by atoms with van der Waals surface area (Å²) in [5.74, 6) is 0. The van der Waals surface area contributed by atoms with Crippen molar-refractivity contribution < 1.29 is 0 Å². The summed E-state index contributed by atoms with van der Waals surface area (Å²) in [5.41, 5.74) is 8.00. The molecular weight excluding hydrogens is 194 g/mol. The van der Waals surface area contributed by atoms with Gasteiger partial charge >= 0.3 is 0 Å². The fraction of sp³-hybridized carbons (Fsp3) is 0.500. The van der Waals surface area contributed by atoms with Crippen molar-refractivity contribution in [2.45, 2.75) is 32.2 Å². The van der Waals surface area contributed by atoms with Gasteiger partial charge in [-0.05, 0) is 23.8 Å². The maximum atomic E-state index is 6.26. The van der Waals surface area contributed by atoms with Crippen molar-refractivity contribution in [2.24, 2.45) is 11.1 Å². The summed E-state index contributed by atoms with van der Waals surface area (Å²) in [6.07, 6.45) is 2.16. The Morgan fingerprint density at radius 1 is 1.21 bits per heavy atom. The highest BCUT2D eigenvalue weighted by Crippen LogP contribution is 2.55. The lowest BCUT2D eigenvalue weighted by Gasteiger charge is -2.14. The summed E-state index contributed by atoms with van der Waals surface area (Å²) in [6.45, 7) is 4.49. The molecule has 1 atom stereocenters. The molecule has 0 saturated heterocycles. The SMILES string of the molecule is CC1(C)CC1(N)Cc1ccccc1.Cl. The van der Waals surface area contributed by atoms with E-state index in [2.05, 4.69) is 38.1 Å². The summed E-state index contributed by atoms with van der Waals surface area (Å²) in [4.78, 5) is 0. The first-order valence-electron chi connectivity index (χ1n) is 4.86. The molecule has 14 heavy (non-hydrogen) atoms. The molecule has 0 aromatic heterocycles. The standard InChI is InChI=1S/C12H17N.ClH/c1-11(2)9-12(11,13)8-10-6-4-3-5-7-10;/h3-7H,8-9,13H2,1-2H3;1H. The molecule has 0 heterocycles. The van der Waals surface area contributed by atoms with E-state index < -0.39 is 0 Å². The zero-order valence-electron chi connectivity index (χ0n) is 8.79. The maximum absolute atomic E-state index is 6.26. The highest BCUT2D eigenvalue weighted by Gasteiger charge is 2.57. The summed E-state index contributed by atoms with van der Waals surface area (Å²) in [7, 11) is 0.